The van der Waals surface area contributed by atoms with E-state index < -0.39 is 17.6 Å². The third-order valence-corrected chi connectivity index (χ3v) is 5.75. The number of alkyl halides is 3. The average molecular weight is 528 g/mol. The molecule has 0 aliphatic rings. The number of benzene rings is 3. The molecule has 0 aliphatic heterocycles. The van der Waals surface area contributed by atoms with Crippen LogP contribution in [0.15, 0.2) is 66.7 Å². The van der Waals surface area contributed by atoms with Crippen LogP contribution in [0, 0.1) is 0 Å². The number of methoxy groups -OCH3 is 1. The van der Waals surface area contributed by atoms with Gasteiger partial charge in [-0.15, -0.1) is 0 Å². The van der Waals surface area contributed by atoms with Gasteiger partial charge in [-0.05, 0) is 60.0 Å². The van der Waals surface area contributed by atoms with E-state index in [0.717, 1.165) is 17.7 Å². The molecule has 0 unspecified atom stereocenters. The number of hydrogen-bond acceptors (Lipinski definition) is 5. The Labute approximate surface area is 218 Å². The van der Waals surface area contributed by atoms with Crippen molar-refractivity contribution in [2.75, 3.05) is 39.6 Å². The molecule has 0 aliphatic carbocycles. The minimum absolute atomic E-state index is 0.0620. The normalized spacial score (nSPS) is 11.1. The first-order valence-corrected chi connectivity index (χ1v) is 11.7. The van der Waals surface area contributed by atoms with Gasteiger partial charge >= 0.3 is 12.1 Å². The molecule has 7 nitrogen and oxygen atoms in total. The third-order valence-electron chi connectivity index (χ3n) is 5.75. The van der Waals surface area contributed by atoms with Crippen LogP contribution in [-0.2, 0) is 22.1 Å². The van der Waals surface area contributed by atoms with Gasteiger partial charge in [-0.3, -0.25) is 14.4 Å². The van der Waals surface area contributed by atoms with Gasteiger partial charge in [0, 0.05) is 19.7 Å². The lowest BCUT2D eigenvalue weighted by Gasteiger charge is -2.17. The average Bonchev–Trinajstić information content (AvgIpc) is 2.90. The molecule has 3 rings (SSSR count). The number of halogens is 3. The second-order valence-electron chi connectivity index (χ2n) is 8.66. The Balaban J connectivity index is 1.85. The molecule has 0 atom stereocenters. The van der Waals surface area contributed by atoms with Crippen LogP contribution in [0.2, 0.25) is 0 Å². The molecule has 0 spiro atoms. The Morgan fingerprint density at radius 3 is 2.24 bits per heavy atom. The second kappa shape index (κ2) is 12.4. The quantitative estimate of drug-likeness (QED) is 0.313. The first-order valence-electron chi connectivity index (χ1n) is 11.7. The van der Waals surface area contributed by atoms with Crippen molar-refractivity contribution in [2.24, 2.45) is 0 Å². The summed E-state index contributed by atoms with van der Waals surface area (Å²) in [5, 5.41) is 5.74. The van der Waals surface area contributed by atoms with E-state index in [9.17, 15) is 27.6 Å². The molecule has 200 valence electrons. The number of hydrogen-bond donors (Lipinski definition) is 2. The summed E-state index contributed by atoms with van der Waals surface area (Å²) in [4.78, 5) is 38.8. The van der Waals surface area contributed by atoms with Gasteiger partial charge in [0.2, 0.25) is 0 Å². The van der Waals surface area contributed by atoms with E-state index in [1.165, 1.54) is 24.1 Å². The molecule has 0 saturated carbocycles. The zero-order valence-corrected chi connectivity index (χ0v) is 21.2. The van der Waals surface area contributed by atoms with Crippen molar-refractivity contribution < 1.29 is 32.3 Å². The molecular formula is C28H28F3N3O4. The van der Waals surface area contributed by atoms with Crippen LogP contribution in [-0.4, -0.2) is 57.0 Å². The molecule has 10 heteroatoms. The Morgan fingerprint density at radius 2 is 1.61 bits per heavy atom. The highest BCUT2D eigenvalue weighted by Gasteiger charge is 2.30. The summed E-state index contributed by atoms with van der Waals surface area (Å²) in [5.74, 6) is -1.22. The van der Waals surface area contributed by atoms with Crippen molar-refractivity contribution in [3.63, 3.8) is 0 Å². The van der Waals surface area contributed by atoms with Crippen LogP contribution in [0.1, 0.15) is 31.8 Å². The fourth-order valence-corrected chi connectivity index (χ4v) is 3.73. The minimum atomic E-state index is -4.46. The van der Waals surface area contributed by atoms with Crippen molar-refractivity contribution in [3.05, 3.63) is 89.0 Å². The summed E-state index contributed by atoms with van der Waals surface area (Å²) in [6.45, 7) is 0.531. The highest BCUT2D eigenvalue weighted by Crippen LogP contribution is 2.32. The predicted molar refractivity (Wildman–Crippen MR) is 138 cm³/mol. The van der Waals surface area contributed by atoms with Crippen molar-refractivity contribution in [1.82, 2.24) is 10.2 Å². The van der Waals surface area contributed by atoms with Gasteiger partial charge in [-0.1, -0.05) is 36.4 Å². The van der Waals surface area contributed by atoms with Crippen molar-refractivity contribution in [1.29, 1.82) is 0 Å². The van der Waals surface area contributed by atoms with Crippen LogP contribution in [0.4, 0.5) is 18.9 Å². The molecule has 0 saturated heterocycles. The number of ether oxygens (including phenoxy) is 1. The standard InChI is InChI=1S/C28H28F3N3O4/c1-34(2)27(37)23-16-18(14-15-32-17-25(35)38-3)8-13-24(23)33-26(36)22-7-5-4-6-21(22)19-9-11-20(12-10-19)28(29,30)31/h4-13,16,32H,14-15,17H2,1-3H3,(H,33,36). The predicted octanol–water partition coefficient (Wildman–Crippen LogP) is 4.63. The molecule has 38 heavy (non-hydrogen) atoms. The Kier molecular flexibility index (Phi) is 9.25. The summed E-state index contributed by atoms with van der Waals surface area (Å²) >= 11 is 0. The molecule has 2 N–H and O–H groups in total. The summed E-state index contributed by atoms with van der Waals surface area (Å²) < 4.78 is 43.5. The van der Waals surface area contributed by atoms with Gasteiger partial charge in [0.1, 0.15) is 0 Å². The topological polar surface area (TPSA) is 87.7 Å². The van der Waals surface area contributed by atoms with Crippen LogP contribution >= 0.6 is 0 Å². The molecular weight excluding hydrogens is 499 g/mol. The molecule has 0 heterocycles. The maximum Gasteiger partial charge on any atom is 0.416 e. The first kappa shape index (κ1) is 28.4. The van der Waals surface area contributed by atoms with Crippen LogP contribution in [0.25, 0.3) is 11.1 Å². The number of carbonyl (C=O) groups is 3. The molecule has 2 amide bonds. The number of amides is 2. The van der Waals surface area contributed by atoms with E-state index in [0.29, 0.717) is 29.8 Å². The van der Waals surface area contributed by atoms with Crippen molar-refractivity contribution in [2.45, 2.75) is 12.6 Å². The summed E-state index contributed by atoms with van der Waals surface area (Å²) in [5.41, 5.74) is 1.75. The first-order chi connectivity index (χ1) is 18.0. The molecule has 0 aromatic heterocycles. The van der Waals surface area contributed by atoms with Crippen LogP contribution in [0.5, 0.6) is 0 Å². The number of rotatable bonds is 9. The van der Waals surface area contributed by atoms with Gasteiger partial charge in [0.05, 0.1) is 30.5 Å². The molecule has 3 aromatic rings. The Morgan fingerprint density at radius 1 is 0.921 bits per heavy atom. The second-order valence-corrected chi connectivity index (χ2v) is 8.66. The monoisotopic (exact) mass is 527 g/mol. The minimum Gasteiger partial charge on any atom is -0.468 e. The smallest absolute Gasteiger partial charge is 0.416 e. The van der Waals surface area contributed by atoms with Gasteiger partial charge in [-0.2, -0.15) is 13.2 Å². The Hall–Kier alpha value is -4.18. The zero-order valence-electron chi connectivity index (χ0n) is 21.2. The van der Waals surface area contributed by atoms with E-state index in [1.807, 2.05) is 0 Å². The van der Waals surface area contributed by atoms with E-state index in [2.05, 4.69) is 15.4 Å². The zero-order chi connectivity index (χ0) is 27.9. The van der Waals surface area contributed by atoms with Crippen LogP contribution in [0.3, 0.4) is 0 Å². The molecule has 0 fully saturated rings. The van der Waals surface area contributed by atoms with E-state index >= 15 is 0 Å². The van der Waals surface area contributed by atoms with Crippen molar-refractivity contribution in [3.8, 4) is 11.1 Å². The summed E-state index contributed by atoms with van der Waals surface area (Å²) in [7, 11) is 4.49. The maximum atomic E-state index is 13.3. The number of nitrogens with zero attached hydrogens (tertiary/aromatic N) is 1. The molecule has 0 bridgehead atoms. The highest BCUT2D eigenvalue weighted by atomic mass is 19.4. The highest BCUT2D eigenvalue weighted by molar-refractivity contribution is 6.11. The fourth-order valence-electron chi connectivity index (χ4n) is 3.73. The van der Waals surface area contributed by atoms with Gasteiger partial charge in [-0.25, -0.2) is 0 Å². The lowest BCUT2D eigenvalue weighted by Crippen LogP contribution is -2.26. The molecule has 0 radical (unpaired) electrons. The van der Waals surface area contributed by atoms with Gasteiger partial charge in [0.25, 0.3) is 11.8 Å². The lowest BCUT2D eigenvalue weighted by molar-refractivity contribution is -0.139. The number of carbonyl (C=O) groups excluding carboxylic acids is 3. The SMILES string of the molecule is COC(=O)CNCCc1ccc(NC(=O)c2ccccc2-c2ccc(C(F)(F)F)cc2)c(C(=O)N(C)C)c1. The van der Waals surface area contributed by atoms with E-state index in [1.54, 1.807) is 56.6 Å². The van der Waals surface area contributed by atoms with Crippen molar-refractivity contribution >= 4 is 23.5 Å². The number of esters is 1. The Bertz CT molecular complexity index is 1310. The fraction of sp³-hybridized carbons (Fsp3) is 0.250. The molecule has 3 aromatic carbocycles. The number of nitrogens with one attached hydrogen (secondary N) is 2. The number of anilines is 1. The summed E-state index contributed by atoms with van der Waals surface area (Å²) in [6, 6.07) is 16.2. The lowest BCUT2D eigenvalue weighted by atomic mass is 9.97. The maximum absolute atomic E-state index is 13.3. The largest absolute Gasteiger partial charge is 0.468 e. The van der Waals surface area contributed by atoms with E-state index in [4.69, 9.17) is 0 Å². The van der Waals surface area contributed by atoms with Crippen LogP contribution < -0.4 is 10.6 Å². The van der Waals surface area contributed by atoms with Gasteiger partial charge < -0.3 is 20.3 Å². The van der Waals surface area contributed by atoms with Gasteiger partial charge in [0.15, 0.2) is 0 Å². The summed E-state index contributed by atoms with van der Waals surface area (Å²) in [6.07, 6.45) is -3.94. The third kappa shape index (κ3) is 7.19. The van der Waals surface area contributed by atoms with E-state index in [-0.39, 0.29) is 29.5 Å².